The van der Waals surface area contributed by atoms with Crippen molar-refractivity contribution < 1.29 is 14.4 Å². The van der Waals surface area contributed by atoms with Crippen LogP contribution in [0.2, 0.25) is 0 Å². The van der Waals surface area contributed by atoms with Crippen LogP contribution in [0.5, 0.6) is 11.5 Å². The topological polar surface area (TPSA) is 89.7 Å². The van der Waals surface area contributed by atoms with Crippen LogP contribution < -0.4 is 25.8 Å². The third kappa shape index (κ3) is 5.45. The van der Waals surface area contributed by atoms with Crippen molar-refractivity contribution in [3.8, 4) is 11.5 Å². The zero-order valence-corrected chi connectivity index (χ0v) is 17.3. The normalized spacial score (nSPS) is 10.7. The van der Waals surface area contributed by atoms with E-state index in [1.165, 1.54) is 15.8 Å². The summed E-state index contributed by atoms with van der Waals surface area (Å²) in [7, 11) is 5.64. The van der Waals surface area contributed by atoms with E-state index in [0.717, 1.165) is 6.54 Å². The quantitative estimate of drug-likeness (QED) is 0.521. The predicted octanol–water partition coefficient (Wildman–Crippen LogP) is 1.19. The number of carbonyl (C=O) groups excluding carboxylic acids is 1. The summed E-state index contributed by atoms with van der Waals surface area (Å²) in [6.07, 6.45) is 1.49. The van der Waals surface area contributed by atoms with E-state index in [4.69, 9.17) is 4.74 Å². The third-order valence-electron chi connectivity index (χ3n) is 4.40. The van der Waals surface area contributed by atoms with Crippen LogP contribution in [-0.4, -0.2) is 42.9 Å². The van der Waals surface area contributed by atoms with Crippen LogP contribution in [0.15, 0.2) is 65.6 Å². The Labute approximate surface area is 175 Å². The van der Waals surface area contributed by atoms with Gasteiger partial charge >= 0.3 is 0 Å². The molecule has 0 bridgehead atoms. The second kappa shape index (κ2) is 9.71. The summed E-state index contributed by atoms with van der Waals surface area (Å²) in [4.78, 5) is 26.1. The lowest BCUT2D eigenvalue weighted by atomic mass is 10.2. The molecule has 0 fully saturated rings. The Morgan fingerprint density at radius 1 is 1.10 bits per heavy atom. The van der Waals surface area contributed by atoms with Crippen molar-refractivity contribution in [2.24, 2.45) is 7.05 Å². The average Bonchev–Trinajstić information content (AvgIpc) is 2.74. The highest BCUT2D eigenvalue weighted by atomic mass is 16.5. The summed E-state index contributed by atoms with van der Waals surface area (Å²) in [5, 5.41) is 10.0. The van der Waals surface area contributed by atoms with E-state index >= 15 is 0 Å². The fourth-order valence-electron chi connectivity index (χ4n) is 2.71. The van der Waals surface area contributed by atoms with Gasteiger partial charge in [-0.05, 0) is 36.4 Å². The van der Waals surface area contributed by atoms with E-state index in [1.54, 1.807) is 43.4 Å². The molecule has 0 saturated carbocycles. The lowest BCUT2D eigenvalue weighted by Gasteiger charge is -2.13. The minimum atomic E-state index is -0.323. The minimum absolute atomic E-state index is 0.129. The van der Waals surface area contributed by atoms with Crippen LogP contribution in [0, 0.1) is 0 Å². The zero-order chi connectivity index (χ0) is 21.5. The molecular weight excluding hydrogens is 382 g/mol. The van der Waals surface area contributed by atoms with E-state index in [0.29, 0.717) is 29.3 Å². The Kier molecular flexibility index (Phi) is 6.82. The van der Waals surface area contributed by atoms with Crippen molar-refractivity contribution in [2.45, 2.75) is 0 Å². The molecule has 3 rings (SSSR count). The summed E-state index contributed by atoms with van der Waals surface area (Å²) < 4.78 is 7.07. The molecule has 0 aliphatic rings. The number of benzene rings is 2. The molecule has 156 valence electrons. The van der Waals surface area contributed by atoms with Crippen molar-refractivity contribution in [3.05, 3.63) is 76.7 Å². The Bertz CT molecular complexity index is 1050. The van der Waals surface area contributed by atoms with Gasteiger partial charge in [-0.25, -0.2) is 4.68 Å². The molecule has 2 aromatic carbocycles. The highest BCUT2D eigenvalue weighted by Crippen LogP contribution is 2.28. The van der Waals surface area contributed by atoms with Crippen LogP contribution in [0.4, 0.5) is 11.4 Å². The van der Waals surface area contributed by atoms with E-state index in [1.807, 2.05) is 32.3 Å². The largest absolute Gasteiger partial charge is 0.453 e. The molecule has 0 unspecified atom stereocenters. The van der Waals surface area contributed by atoms with Gasteiger partial charge in [0.1, 0.15) is 5.75 Å². The Balaban J connectivity index is 1.76. The summed E-state index contributed by atoms with van der Waals surface area (Å²) >= 11 is 0. The van der Waals surface area contributed by atoms with E-state index in [9.17, 15) is 9.59 Å². The average molecular weight is 408 g/mol. The maximum absolute atomic E-state index is 12.6. The fraction of sp³-hybridized carbons (Fsp3) is 0.227. The van der Waals surface area contributed by atoms with Crippen LogP contribution in [0.1, 0.15) is 10.4 Å². The van der Waals surface area contributed by atoms with Crippen molar-refractivity contribution in [2.75, 3.05) is 32.5 Å². The van der Waals surface area contributed by atoms with Gasteiger partial charge in [-0.1, -0.05) is 18.2 Å². The maximum atomic E-state index is 12.6. The molecular formula is C22H26N5O3+. The van der Waals surface area contributed by atoms with Gasteiger partial charge in [0, 0.05) is 18.3 Å². The van der Waals surface area contributed by atoms with Gasteiger partial charge in [0.25, 0.3) is 11.5 Å². The van der Waals surface area contributed by atoms with Gasteiger partial charge in [0.2, 0.25) is 0 Å². The number of quaternary nitrogens is 1. The lowest BCUT2D eigenvalue weighted by Crippen LogP contribution is -3.06. The first-order valence-corrected chi connectivity index (χ1v) is 9.67. The highest BCUT2D eigenvalue weighted by Gasteiger charge is 2.13. The summed E-state index contributed by atoms with van der Waals surface area (Å²) in [5.41, 5.74) is 1.15. The standard InChI is InChI=1S/C22H25N5O3/c1-26(2)14-13-23-21(28)16-9-11-17(12-10-16)25-20-19(15-24-27(3)22(20)29)30-18-7-5-4-6-8-18/h4-12,15,25H,13-14H2,1-3H3,(H,23,28)/p+1. The van der Waals surface area contributed by atoms with E-state index in [-0.39, 0.29) is 17.2 Å². The lowest BCUT2D eigenvalue weighted by molar-refractivity contribution is -0.856. The van der Waals surface area contributed by atoms with E-state index in [2.05, 4.69) is 15.7 Å². The van der Waals surface area contributed by atoms with Crippen molar-refractivity contribution in [1.29, 1.82) is 0 Å². The zero-order valence-electron chi connectivity index (χ0n) is 17.3. The number of hydrogen-bond acceptors (Lipinski definition) is 5. The number of aryl methyl sites for hydroxylation is 1. The number of nitrogens with one attached hydrogen (secondary N) is 3. The number of amides is 1. The van der Waals surface area contributed by atoms with Gasteiger partial charge in [0.15, 0.2) is 11.4 Å². The predicted molar refractivity (Wildman–Crippen MR) is 116 cm³/mol. The van der Waals surface area contributed by atoms with Crippen LogP contribution in [-0.2, 0) is 7.05 Å². The van der Waals surface area contributed by atoms with Crippen LogP contribution in [0.25, 0.3) is 0 Å². The van der Waals surface area contributed by atoms with E-state index < -0.39 is 0 Å². The van der Waals surface area contributed by atoms with Crippen LogP contribution >= 0.6 is 0 Å². The molecule has 8 heteroatoms. The van der Waals surface area contributed by atoms with Gasteiger partial charge in [-0.15, -0.1) is 0 Å². The first-order valence-electron chi connectivity index (χ1n) is 9.67. The Hall–Kier alpha value is -3.65. The second-order valence-corrected chi connectivity index (χ2v) is 7.14. The second-order valence-electron chi connectivity index (χ2n) is 7.14. The van der Waals surface area contributed by atoms with Crippen molar-refractivity contribution in [1.82, 2.24) is 15.1 Å². The number of rotatable bonds is 8. The summed E-state index contributed by atoms with van der Waals surface area (Å²) in [5.74, 6) is 0.787. The summed E-state index contributed by atoms with van der Waals surface area (Å²) in [6.45, 7) is 1.45. The fourth-order valence-corrected chi connectivity index (χ4v) is 2.71. The molecule has 0 saturated heterocycles. The number of anilines is 2. The third-order valence-corrected chi connectivity index (χ3v) is 4.40. The SMILES string of the molecule is Cn1ncc(Oc2ccccc2)c(Nc2ccc(C(=O)NCC[NH+](C)C)cc2)c1=O. The molecule has 1 amide bonds. The van der Waals surface area contributed by atoms with Crippen LogP contribution in [0.3, 0.4) is 0 Å². The maximum Gasteiger partial charge on any atom is 0.294 e. The molecule has 0 aliphatic heterocycles. The number of ether oxygens (including phenoxy) is 1. The highest BCUT2D eigenvalue weighted by molar-refractivity contribution is 5.94. The Morgan fingerprint density at radius 3 is 2.47 bits per heavy atom. The number of para-hydroxylation sites is 1. The van der Waals surface area contributed by atoms with Gasteiger partial charge in [-0.2, -0.15) is 5.10 Å². The molecule has 0 aliphatic carbocycles. The number of hydrogen-bond donors (Lipinski definition) is 3. The van der Waals surface area contributed by atoms with Gasteiger partial charge in [0.05, 0.1) is 33.4 Å². The molecule has 3 aromatic rings. The number of carbonyl (C=O) groups is 1. The van der Waals surface area contributed by atoms with Crippen molar-refractivity contribution in [3.63, 3.8) is 0 Å². The number of likely N-dealkylation sites (N-methyl/N-ethyl adjacent to an activating group) is 1. The number of aromatic nitrogens is 2. The Morgan fingerprint density at radius 2 is 1.80 bits per heavy atom. The van der Waals surface area contributed by atoms with Gasteiger partial charge < -0.3 is 20.3 Å². The molecule has 30 heavy (non-hydrogen) atoms. The number of nitrogens with zero attached hydrogens (tertiary/aromatic N) is 2. The van der Waals surface area contributed by atoms with Gasteiger partial charge in [-0.3, -0.25) is 9.59 Å². The molecule has 0 radical (unpaired) electrons. The smallest absolute Gasteiger partial charge is 0.294 e. The van der Waals surface area contributed by atoms with Crippen molar-refractivity contribution >= 4 is 17.3 Å². The first kappa shape index (κ1) is 21.1. The monoisotopic (exact) mass is 408 g/mol. The molecule has 1 aromatic heterocycles. The molecule has 8 nitrogen and oxygen atoms in total. The summed E-state index contributed by atoms with van der Waals surface area (Å²) in [6, 6.07) is 16.1. The molecule has 0 spiro atoms. The minimum Gasteiger partial charge on any atom is -0.453 e. The molecule has 1 heterocycles. The first-order chi connectivity index (χ1) is 14.4. The molecule has 3 N–H and O–H groups in total. The molecule has 0 atom stereocenters.